The molecule has 18 heavy (non-hydrogen) atoms. The fourth-order valence-electron chi connectivity index (χ4n) is 2.26. The van der Waals surface area contributed by atoms with E-state index in [2.05, 4.69) is 39.4 Å². The van der Waals surface area contributed by atoms with E-state index in [1.165, 1.54) is 5.69 Å². The van der Waals surface area contributed by atoms with Crippen LogP contribution >= 0.6 is 11.6 Å². The summed E-state index contributed by atoms with van der Waals surface area (Å²) in [5.41, 5.74) is 2.36. The summed E-state index contributed by atoms with van der Waals surface area (Å²) in [6.45, 7) is 3.88. The molecule has 3 nitrogen and oxygen atoms in total. The Balaban J connectivity index is 2.03. The number of aromatic nitrogens is 3. The van der Waals surface area contributed by atoms with E-state index in [4.69, 9.17) is 11.6 Å². The third kappa shape index (κ3) is 1.81. The number of halogens is 1. The van der Waals surface area contributed by atoms with Crippen molar-refractivity contribution in [2.75, 3.05) is 0 Å². The number of benzene rings is 1. The Morgan fingerprint density at radius 1 is 1.22 bits per heavy atom. The number of fused-ring (bicyclic) bond motifs is 1. The van der Waals surface area contributed by atoms with Crippen LogP contribution in [0, 0.1) is 0 Å². The van der Waals surface area contributed by atoms with Crippen molar-refractivity contribution in [1.29, 1.82) is 0 Å². The van der Waals surface area contributed by atoms with Gasteiger partial charge in [0.15, 0.2) is 0 Å². The maximum absolute atomic E-state index is 6.18. The second-order valence-corrected chi connectivity index (χ2v) is 4.69. The van der Waals surface area contributed by atoms with Crippen molar-refractivity contribution < 1.29 is 0 Å². The number of hydrogen-bond acceptors (Lipinski definition) is 1. The third-order valence-corrected chi connectivity index (χ3v) is 3.56. The van der Waals surface area contributed by atoms with Crippen LogP contribution < -0.4 is 0 Å². The van der Waals surface area contributed by atoms with Crippen LogP contribution in [-0.2, 0) is 13.1 Å². The topological polar surface area (TPSA) is 22.8 Å². The van der Waals surface area contributed by atoms with Gasteiger partial charge in [0.05, 0.1) is 18.6 Å². The summed E-state index contributed by atoms with van der Waals surface area (Å²) in [6.07, 6.45) is 5.86. The van der Waals surface area contributed by atoms with Gasteiger partial charge in [-0.15, -0.1) is 0 Å². The molecule has 0 saturated heterocycles. The van der Waals surface area contributed by atoms with Crippen molar-refractivity contribution in [1.82, 2.24) is 14.1 Å². The fourth-order valence-corrected chi connectivity index (χ4v) is 2.50. The van der Waals surface area contributed by atoms with Crippen LogP contribution in [0.25, 0.3) is 10.9 Å². The minimum absolute atomic E-state index is 0.801. The molecule has 0 aliphatic rings. The Kier molecular flexibility index (Phi) is 2.84. The molecule has 0 atom stereocenters. The van der Waals surface area contributed by atoms with Gasteiger partial charge in [0, 0.05) is 34.9 Å². The molecule has 4 heteroatoms. The molecule has 0 fully saturated rings. The van der Waals surface area contributed by atoms with Gasteiger partial charge in [-0.05, 0) is 25.1 Å². The summed E-state index contributed by atoms with van der Waals surface area (Å²) in [4.78, 5) is 4.19. The van der Waals surface area contributed by atoms with Crippen LogP contribution in [0.3, 0.4) is 0 Å². The molecule has 0 aliphatic carbocycles. The molecular weight excluding hydrogens is 246 g/mol. The minimum Gasteiger partial charge on any atom is -0.341 e. The Hall–Kier alpha value is -1.74. The van der Waals surface area contributed by atoms with Crippen LogP contribution in [0.1, 0.15) is 12.6 Å². The maximum atomic E-state index is 6.18. The Morgan fingerprint density at radius 3 is 2.94 bits per heavy atom. The van der Waals surface area contributed by atoms with Crippen molar-refractivity contribution in [3.8, 4) is 0 Å². The molecule has 2 heterocycles. The van der Waals surface area contributed by atoms with E-state index in [9.17, 15) is 0 Å². The van der Waals surface area contributed by atoms with E-state index >= 15 is 0 Å². The molecule has 2 aromatic heterocycles. The quantitative estimate of drug-likeness (QED) is 0.705. The number of rotatable bonds is 3. The molecular formula is C14H14ClN3. The predicted octanol–water partition coefficient (Wildman–Crippen LogP) is 3.56. The largest absolute Gasteiger partial charge is 0.341 e. The summed E-state index contributed by atoms with van der Waals surface area (Å²) >= 11 is 6.18. The summed E-state index contributed by atoms with van der Waals surface area (Å²) < 4.78 is 4.35. The molecule has 0 spiro atoms. The van der Waals surface area contributed by atoms with Gasteiger partial charge < -0.3 is 9.13 Å². The Labute approximate surface area is 111 Å². The molecule has 1 aromatic carbocycles. The van der Waals surface area contributed by atoms with Crippen LogP contribution in [-0.4, -0.2) is 14.1 Å². The lowest BCUT2D eigenvalue weighted by atomic mass is 10.2. The molecule has 0 unspecified atom stereocenters. The van der Waals surface area contributed by atoms with Gasteiger partial charge in [-0.3, -0.25) is 0 Å². The third-order valence-electron chi connectivity index (χ3n) is 3.23. The minimum atomic E-state index is 0.801. The normalized spacial score (nSPS) is 11.2. The van der Waals surface area contributed by atoms with Gasteiger partial charge in [0.25, 0.3) is 0 Å². The average molecular weight is 260 g/mol. The monoisotopic (exact) mass is 259 g/mol. The highest BCUT2D eigenvalue weighted by Gasteiger charge is 2.06. The first-order chi connectivity index (χ1) is 8.79. The smallest absolute Gasteiger partial charge is 0.0948 e. The molecule has 0 bridgehead atoms. The number of nitrogens with zero attached hydrogens (tertiary/aromatic N) is 3. The summed E-state index contributed by atoms with van der Waals surface area (Å²) in [6, 6.07) is 8.06. The fraction of sp³-hybridized carbons (Fsp3) is 0.214. The van der Waals surface area contributed by atoms with E-state index in [-0.39, 0.29) is 0 Å². The molecule has 0 amide bonds. The van der Waals surface area contributed by atoms with E-state index in [0.29, 0.717) is 0 Å². The van der Waals surface area contributed by atoms with Gasteiger partial charge in [-0.25, -0.2) is 4.98 Å². The predicted molar refractivity (Wildman–Crippen MR) is 74.0 cm³/mol. The second-order valence-electron chi connectivity index (χ2n) is 4.29. The van der Waals surface area contributed by atoms with Crippen molar-refractivity contribution in [3.05, 3.63) is 53.7 Å². The highest BCUT2D eigenvalue weighted by molar-refractivity contribution is 6.35. The summed E-state index contributed by atoms with van der Waals surface area (Å²) in [7, 11) is 0. The molecule has 0 N–H and O–H groups in total. The second kappa shape index (κ2) is 4.50. The molecule has 3 aromatic rings. The number of aryl methyl sites for hydroxylation is 1. The molecule has 3 rings (SSSR count). The SMILES string of the molecule is CCn1cncc1Cn1ccc2c(Cl)cccc21. The van der Waals surface area contributed by atoms with Crippen molar-refractivity contribution in [2.24, 2.45) is 0 Å². The Morgan fingerprint density at radius 2 is 2.11 bits per heavy atom. The van der Waals surface area contributed by atoms with E-state index in [1.54, 1.807) is 0 Å². The first kappa shape index (κ1) is 11.4. The summed E-state index contributed by atoms with van der Waals surface area (Å²) in [5.74, 6) is 0. The van der Waals surface area contributed by atoms with E-state index in [0.717, 1.165) is 29.0 Å². The van der Waals surface area contributed by atoms with E-state index < -0.39 is 0 Å². The molecule has 0 aliphatic heterocycles. The average Bonchev–Trinajstić information content (AvgIpc) is 2.98. The molecule has 0 radical (unpaired) electrons. The van der Waals surface area contributed by atoms with Crippen LogP contribution in [0.5, 0.6) is 0 Å². The highest BCUT2D eigenvalue weighted by Crippen LogP contribution is 2.24. The number of imidazole rings is 1. The highest BCUT2D eigenvalue weighted by atomic mass is 35.5. The van der Waals surface area contributed by atoms with Gasteiger partial charge in [-0.1, -0.05) is 17.7 Å². The first-order valence-electron chi connectivity index (χ1n) is 6.02. The van der Waals surface area contributed by atoms with Crippen LogP contribution in [0.15, 0.2) is 43.0 Å². The van der Waals surface area contributed by atoms with Gasteiger partial charge in [0.2, 0.25) is 0 Å². The van der Waals surface area contributed by atoms with E-state index in [1.807, 2.05) is 24.7 Å². The van der Waals surface area contributed by atoms with Crippen molar-refractivity contribution >= 4 is 22.5 Å². The van der Waals surface area contributed by atoms with Gasteiger partial charge in [0.1, 0.15) is 0 Å². The zero-order chi connectivity index (χ0) is 12.5. The standard InChI is InChI=1S/C14H14ClN3/c1-2-17-10-16-8-11(17)9-18-7-6-12-13(15)4-3-5-14(12)18/h3-8,10H,2,9H2,1H3. The van der Waals surface area contributed by atoms with Crippen molar-refractivity contribution in [3.63, 3.8) is 0 Å². The molecule has 0 saturated carbocycles. The summed E-state index contributed by atoms with van der Waals surface area (Å²) in [5, 5.41) is 1.90. The van der Waals surface area contributed by atoms with Crippen LogP contribution in [0.4, 0.5) is 0 Å². The first-order valence-corrected chi connectivity index (χ1v) is 6.39. The maximum Gasteiger partial charge on any atom is 0.0948 e. The van der Waals surface area contributed by atoms with Gasteiger partial charge >= 0.3 is 0 Å². The van der Waals surface area contributed by atoms with Gasteiger partial charge in [-0.2, -0.15) is 0 Å². The lowest BCUT2D eigenvalue weighted by molar-refractivity contribution is 0.679. The van der Waals surface area contributed by atoms with Crippen molar-refractivity contribution in [2.45, 2.75) is 20.0 Å². The number of hydrogen-bond donors (Lipinski definition) is 0. The molecule has 92 valence electrons. The lowest BCUT2D eigenvalue weighted by Gasteiger charge is -2.08. The zero-order valence-corrected chi connectivity index (χ0v) is 10.9. The zero-order valence-electron chi connectivity index (χ0n) is 10.2. The van der Waals surface area contributed by atoms with Crippen LogP contribution in [0.2, 0.25) is 5.02 Å². The lowest BCUT2D eigenvalue weighted by Crippen LogP contribution is -2.04. The Bertz CT molecular complexity index is 681.